The summed E-state index contributed by atoms with van der Waals surface area (Å²) in [7, 11) is 0. The molecular weight excluding hydrogens is 336 g/mol. The molecule has 1 aliphatic rings. The maximum atomic E-state index is 12.3. The minimum atomic E-state index is 0.0220. The summed E-state index contributed by atoms with van der Waals surface area (Å²) < 4.78 is 5.88. The van der Waals surface area contributed by atoms with Crippen LogP contribution >= 0.6 is 11.6 Å². The first-order chi connectivity index (χ1) is 12.2. The molecule has 0 bridgehead atoms. The van der Waals surface area contributed by atoms with Gasteiger partial charge < -0.3 is 15.4 Å². The highest BCUT2D eigenvalue weighted by Gasteiger charge is 2.15. The first-order valence-corrected chi connectivity index (χ1v) is 9.12. The highest BCUT2D eigenvalue weighted by Crippen LogP contribution is 2.33. The first kappa shape index (κ1) is 17.8. The number of carbonyl (C=O) groups excluding carboxylic acids is 1. The van der Waals surface area contributed by atoms with Crippen LogP contribution in [0, 0.1) is 5.92 Å². The second kappa shape index (κ2) is 8.88. The van der Waals surface area contributed by atoms with E-state index in [0.29, 0.717) is 34.5 Å². The highest BCUT2D eigenvalue weighted by molar-refractivity contribution is 6.32. The Bertz CT molecular complexity index is 714. The lowest BCUT2D eigenvalue weighted by Gasteiger charge is -2.22. The van der Waals surface area contributed by atoms with E-state index in [1.54, 1.807) is 12.1 Å². The van der Waals surface area contributed by atoms with Crippen molar-refractivity contribution in [3.8, 4) is 11.5 Å². The monoisotopic (exact) mass is 358 g/mol. The van der Waals surface area contributed by atoms with Gasteiger partial charge in [-0.05, 0) is 62.5 Å². The number of piperidine rings is 1. The molecule has 2 N–H and O–H groups in total. The molecule has 1 saturated heterocycles. The van der Waals surface area contributed by atoms with Crippen molar-refractivity contribution in [2.75, 3.05) is 18.4 Å². The van der Waals surface area contributed by atoms with E-state index in [0.717, 1.165) is 32.4 Å². The lowest BCUT2D eigenvalue weighted by atomic mass is 9.93. The van der Waals surface area contributed by atoms with E-state index in [-0.39, 0.29) is 5.91 Å². The van der Waals surface area contributed by atoms with Gasteiger partial charge in [0.25, 0.3) is 0 Å². The molecule has 0 aliphatic carbocycles. The van der Waals surface area contributed by atoms with Gasteiger partial charge in [-0.2, -0.15) is 0 Å². The third-order valence-corrected chi connectivity index (χ3v) is 4.77. The summed E-state index contributed by atoms with van der Waals surface area (Å²) in [5, 5.41) is 6.85. The van der Waals surface area contributed by atoms with E-state index in [4.69, 9.17) is 16.3 Å². The van der Waals surface area contributed by atoms with Gasteiger partial charge in [0.15, 0.2) is 5.75 Å². The Morgan fingerprint density at radius 3 is 2.52 bits per heavy atom. The van der Waals surface area contributed by atoms with Crippen LogP contribution < -0.4 is 15.4 Å². The van der Waals surface area contributed by atoms with Gasteiger partial charge in [0, 0.05) is 6.42 Å². The number of hydrogen-bond donors (Lipinski definition) is 2. The predicted octanol–water partition coefficient (Wildman–Crippen LogP) is 4.85. The Balaban J connectivity index is 1.60. The van der Waals surface area contributed by atoms with E-state index < -0.39 is 0 Å². The van der Waals surface area contributed by atoms with E-state index in [1.807, 2.05) is 36.4 Å². The number of hydrogen-bond acceptors (Lipinski definition) is 3. The minimum Gasteiger partial charge on any atom is -0.454 e. The third kappa shape index (κ3) is 5.21. The molecule has 2 aromatic rings. The molecule has 5 heteroatoms. The zero-order valence-electron chi connectivity index (χ0n) is 14.1. The van der Waals surface area contributed by atoms with Crippen molar-refractivity contribution in [1.29, 1.82) is 0 Å². The topological polar surface area (TPSA) is 50.4 Å². The quantitative estimate of drug-likeness (QED) is 0.776. The Labute approximate surface area is 153 Å². The van der Waals surface area contributed by atoms with Crippen LogP contribution in [-0.2, 0) is 4.79 Å². The largest absolute Gasteiger partial charge is 0.454 e. The summed E-state index contributed by atoms with van der Waals surface area (Å²) in [5.74, 6) is 1.82. The van der Waals surface area contributed by atoms with Crippen LogP contribution in [0.15, 0.2) is 48.5 Å². The number of rotatable bonds is 6. The number of benzene rings is 2. The molecule has 0 aromatic heterocycles. The lowest BCUT2D eigenvalue weighted by molar-refractivity contribution is -0.116. The van der Waals surface area contributed by atoms with Crippen molar-refractivity contribution < 1.29 is 9.53 Å². The molecule has 132 valence electrons. The minimum absolute atomic E-state index is 0.0220. The number of para-hydroxylation sites is 3. The van der Waals surface area contributed by atoms with E-state index in [9.17, 15) is 4.79 Å². The molecule has 0 spiro atoms. The summed E-state index contributed by atoms with van der Waals surface area (Å²) in [6.45, 7) is 2.11. The Morgan fingerprint density at radius 2 is 1.76 bits per heavy atom. The Morgan fingerprint density at radius 1 is 1.08 bits per heavy atom. The van der Waals surface area contributed by atoms with Gasteiger partial charge in [0.05, 0.1) is 10.7 Å². The van der Waals surface area contributed by atoms with Gasteiger partial charge >= 0.3 is 0 Å². The Hall–Kier alpha value is -2.04. The molecule has 2 aromatic carbocycles. The van der Waals surface area contributed by atoms with Crippen molar-refractivity contribution in [1.82, 2.24) is 5.32 Å². The molecule has 1 heterocycles. The lowest BCUT2D eigenvalue weighted by Crippen LogP contribution is -2.28. The molecule has 0 atom stereocenters. The van der Waals surface area contributed by atoms with Crippen molar-refractivity contribution in [3.63, 3.8) is 0 Å². The highest BCUT2D eigenvalue weighted by atomic mass is 35.5. The fourth-order valence-electron chi connectivity index (χ4n) is 3.02. The molecule has 3 rings (SSSR count). The van der Waals surface area contributed by atoms with Crippen LogP contribution in [0.3, 0.4) is 0 Å². The van der Waals surface area contributed by atoms with Gasteiger partial charge in [-0.25, -0.2) is 0 Å². The molecule has 0 saturated carbocycles. The molecule has 1 aliphatic heterocycles. The predicted molar refractivity (Wildman–Crippen MR) is 101 cm³/mol. The van der Waals surface area contributed by atoms with Gasteiger partial charge in [-0.3, -0.25) is 4.79 Å². The van der Waals surface area contributed by atoms with Crippen LogP contribution in [0.1, 0.15) is 25.7 Å². The van der Waals surface area contributed by atoms with Crippen molar-refractivity contribution in [2.24, 2.45) is 5.92 Å². The molecule has 0 unspecified atom stereocenters. The normalized spacial score (nSPS) is 14.9. The number of ether oxygens (including phenoxy) is 1. The van der Waals surface area contributed by atoms with Gasteiger partial charge in [0.2, 0.25) is 5.91 Å². The summed E-state index contributed by atoms with van der Waals surface area (Å²) >= 11 is 6.15. The zero-order valence-corrected chi connectivity index (χ0v) is 14.9. The summed E-state index contributed by atoms with van der Waals surface area (Å²) in [4.78, 5) is 12.3. The van der Waals surface area contributed by atoms with Crippen molar-refractivity contribution >= 4 is 23.2 Å². The third-order valence-electron chi connectivity index (χ3n) is 4.46. The number of halogens is 1. The Kier molecular flexibility index (Phi) is 6.31. The molecule has 1 fully saturated rings. The number of nitrogens with one attached hydrogen (secondary N) is 2. The summed E-state index contributed by atoms with van der Waals surface area (Å²) in [6, 6.07) is 14.7. The fraction of sp³-hybridized carbons (Fsp3) is 0.350. The summed E-state index contributed by atoms with van der Waals surface area (Å²) in [6.07, 6.45) is 3.77. The maximum absolute atomic E-state index is 12.3. The van der Waals surface area contributed by atoms with Crippen LogP contribution in [0.4, 0.5) is 5.69 Å². The maximum Gasteiger partial charge on any atom is 0.224 e. The molecule has 4 nitrogen and oxygen atoms in total. The average molecular weight is 359 g/mol. The number of carbonyl (C=O) groups is 1. The zero-order chi connectivity index (χ0) is 17.5. The second-order valence-electron chi connectivity index (χ2n) is 6.31. The van der Waals surface area contributed by atoms with E-state index in [1.165, 1.54) is 0 Å². The summed E-state index contributed by atoms with van der Waals surface area (Å²) in [5.41, 5.74) is 0.665. The molecule has 1 amide bonds. The van der Waals surface area contributed by atoms with Crippen LogP contribution in [0.25, 0.3) is 0 Å². The van der Waals surface area contributed by atoms with Gasteiger partial charge in [-0.15, -0.1) is 0 Å². The first-order valence-electron chi connectivity index (χ1n) is 8.74. The average Bonchev–Trinajstić information content (AvgIpc) is 2.64. The van der Waals surface area contributed by atoms with Gasteiger partial charge in [0.1, 0.15) is 5.75 Å². The second-order valence-corrected chi connectivity index (χ2v) is 6.72. The smallest absolute Gasteiger partial charge is 0.224 e. The molecule has 0 radical (unpaired) electrons. The van der Waals surface area contributed by atoms with E-state index in [2.05, 4.69) is 10.6 Å². The molecular formula is C20H23ClN2O2. The molecule has 25 heavy (non-hydrogen) atoms. The van der Waals surface area contributed by atoms with Crippen LogP contribution in [0.2, 0.25) is 5.02 Å². The number of amides is 1. The standard InChI is InChI=1S/C20H23ClN2O2/c21-16-5-1-3-7-18(16)25-19-8-4-2-6-17(19)23-20(24)10-9-15-11-13-22-14-12-15/h1-8,15,22H,9-14H2,(H,23,24). The number of anilines is 1. The van der Waals surface area contributed by atoms with Crippen molar-refractivity contribution in [3.05, 3.63) is 53.6 Å². The van der Waals surface area contributed by atoms with Gasteiger partial charge in [-0.1, -0.05) is 35.9 Å². The fourth-order valence-corrected chi connectivity index (χ4v) is 3.20. The SMILES string of the molecule is O=C(CCC1CCNCC1)Nc1ccccc1Oc1ccccc1Cl. The van der Waals surface area contributed by atoms with Crippen LogP contribution in [0.5, 0.6) is 11.5 Å². The van der Waals surface area contributed by atoms with Crippen molar-refractivity contribution in [2.45, 2.75) is 25.7 Å². The van der Waals surface area contributed by atoms with E-state index >= 15 is 0 Å². The van der Waals surface area contributed by atoms with Crippen LogP contribution in [-0.4, -0.2) is 19.0 Å².